The van der Waals surface area contributed by atoms with E-state index in [0.29, 0.717) is 6.54 Å². The molecule has 0 aliphatic heterocycles. The summed E-state index contributed by atoms with van der Waals surface area (Å²) >= 11 is 0. The van der Waals surface area contributed by atoms with Crippen LogP contribution in [0.4, 0.5) is 4.79 Å². The number of rotatable bonds is 6. The maximum atomic E-state index is 10.2. The van der Waals surface area contributed by atoms with Gasteiger partial charge in [0.25, 0.3) is 0 Å². The van der Waals surface area contributed by atoms with Gasteiger partial charge < -0.3 is 16.4 Å². The zero-order valence-corrected chi connectivity index (χ0v) is 7.02. The molecule has 0 bridgehead atoms. The van der Waals surface area contributed by atoms with Gasteiger partial charge in [0.05, 0.1) is 0 Å². The van der Waals surface area contributed by atoms with E-state index in [-0.39, 0.29) is 0 Å². The second kappa shape index (κ2) is 7.34. The van der Waals surface area contributed by atoms with Crippen LogP contribution in [0.25, 0.3) is 0 Å². The normalized spacial score (nSPS) is 9.55. The van der Waals surface area contributed by atoms with Gasteiger partial charge in [-0.05, 0) is 13.0 Å². The molecule has 4 heteroatoms. The Labute approximate surface area is 67.5 Å². The predicted octanol–water partition coefficient (Wildman–Crippen LogP) is 0.0444. The average Bonchev–Trinajstić information content (AvgIpc) is 1.96. The lowest BCUT2D eigenvalue weighted by Gasteiger charge is -2.02. The molecule has 0 aromatic carbocycles. The van der Waals surface area contributed by atoms with Crippen LogP contribution in [0, 0.1) is 0 Å². The van der Waals surface area contributed by atoms with Crippen molar-refractivity contribution in [2.24, 2.45) is 5.73 Å². The molecule has 0 saturated carbocycles. The molecule has 0 radical (unpaired) electrons. The number of carbonyl (C=O) groups is 1. The molecular weight excluding hydrogens is 142 g/mol. The van der Waals surface area contributed by atoms with E-state index in [1.807, 2.05) is 0 Å². The number of hydrogen-bond donors (Lipinski definition) is 3. The molecule has 2 amide bonds. The molecular formula is C7H17N3O. The van der Waals surface area contributed by atoms with E-state index in [0.717, 1.165) is 13.1 Å². The first-order valence-corrected chi connectivity index (χ1v) is 4.01. The van der Waals surface area contributed by atoms with Crippen molar-refractivity contribution in [3.8, 4) is 0 Å². The summed E-state index contributed by atoms with van der Waals surface area (Å²) in [6.07, 6.45) is 2.37. The Morgan fingerprint density at radius 3 is 2.64 bits per heavy atom. The van der Waals surface area contributed by atoms with Gasteiger partial charge >= 0.3 is 6.03 Å². The Hall–Kier alpha value is -0.770. The zero-order chi connectivity index (χ0) is 8.53. The number of hydrogen-bond acceptors (Lipinski definition) is 2. The Balaban J connectivity index is 2.85. The number of primary amides is 1. The molecule has 0 rings (SSSR count). The van der Waals surface area contributed by atoms with Crippen LogP contribution >= 0.6 is 0 Å². The van der Waals surface area contributed by atoms with Crippen LogP contribution < -0.4 is 16.4 Å². The third-order valence-electron chi connectivity index (χ3n) is 1.31. The largest absolute Gasteiger partial charge is 0.352 e. The van der Waals surface area contributed by atoms with E-state index in [1.54, 1.807) is 0 Å². The first-order valence-electron chi connectivity index (χ1n) is 4.01. The Bertz CT molecular complexity index is 106. The van der Waals surface area contributed by atoms with Crippen molar-refractivity contribution in [2.45, 2.75) is 19.8 Å². The van der Waals surface area contributed by atoms with Crippen molar-refractivity contribution in [2.75, 3.05) is 19.6 Å². The zero-order valence-electron chi connectivity index (χ0n) is 7.02. The number of urea groups is 1. The van der Waals surface area contributed by atoms with Crippen molar-refractivity contribution >= 4 is 6.03 Å². The first kappa shape index (κ1) is 10.2. The summed E-state index contributed by atoms with van der Waals surface area (Å²) in [4.78, 5) is 10.2. The maximum Gasteiger partial charge on any atom is 0.312 e. The van der Waals surface area contributed by atoms with Gasteiger partial charge in [-0.15, -0.1) is 0 Å². The van der Waals surface area contributed by atoms with Crippen molar-refractivity contribution in [1.29, 1.82) is 0 Å². The van der Waals surface area contributed by atoms with Gasteiger partial charge in [-0.2, -0.15) is 0 Å². The molecule has 0 saturated heterocycles. The fourth-order valence-electron chi connectivity index (χ4n) is 0.701. The molecule has 0 aliphatic rings. The SMILES string of the molecule is CCCCNCCNC(N)=O. The number of nitrogens with two attached hydrogens (primary N) is 1. The van der Waals surface area contributed by atoms with Crippen LogP contribution in [0.2, 0.25) is 0 Å². The summed E-state index contributed by atoms with van der Waals surface area (Å²) in [5.41, 5.74) is 4.86. The fraction of sp³-hybridized carbons (Fsp3) is 0.857. The molecule has 0 aliphatic carbocycles. The summed E-state index contributed by atoms with van der Waals surface area (Å²) in [6, 6.07) is -0.456. The highest BCUT2D eigenvalue weighted by Crippen LogP contribution is 1.80. The molecule has 0 unspecified atom stereocenters. The van der Waals surface area contributed by atoms with E-state index in [4.69, 9.17) is 5.73 Å². The van der Waals surface area contributed by atoms with Crippen molar-refractivity contribution in [1.82, 2.24) is 10.6 Å². The number of amides is 2. The summed E-state index contributed by atoms with van der Waals surface area (Å²) in [7, 11) is 0. The topological polar surface area (TPSA) is 67.2 Å². The van der Waals surface area contributed by atoms with E-state index < -0.39 is 6.03 Å². The van der Waals surface area contributed by atoms with Gasteiger partial charge in [0.15, 0.2) is 0 Å². The molecule has 0 aromatic rings. The smallest absolute Gasteiger partial charge is 0.312 e. The molecule has 11 heavy (non-hydrogen) atoms. The summed E-state index contributed by atoms with van der Waals surface area (Å²) in [5.74, 6) is 0. The summed E-state index contributed by atoms with van der Waals surface area (Å²) < 4.78 is 0. The Kier molecular flexibility index (Phi) is 6.82. The Morgan fingerprint density at radius 2 is 2.09 bits per heavy atom. The van der Waals surface area contributed by atoms with E-state index >= 15 is 0 Å². The molecule has 0 spiro atoms. The minimum atomic E-state index is -0.456. The van der Waals surface area contributed by atoms with Crippen molar-refractivity contribution < 1.29 is 4.79 Å². The third-order valence-corrected chi connectivity index (χ3v) is 1.31. The van der Waals surface area contributed by atoms with Gasteiger partial charge in [0.2, 0.25) is 0 Å². The second-order valence-corrected chi connectivity index (χ2v) is 2.39. The van der Waals surface area contributed by atoms with Crippen LogP contribution in [0.15, 0.2) is 0 Å². The van der Waals surface area contributed by atoms with E-state index in [2.05, 4.69) is 17.6 Å². The lowest BCUT2D eigenvalue weighted by Crippen LogP contribution is -2.35. The van der Waals surface area contributed by atoms with Gasteiger partial charge in [0, 0.05) is 13.1 Å². The number of nitrogens with one attached hydrogen (secondary N) is 2. The van der Waals surface area contributed by atoms with E-state index in [1.165, 1.54) is 12.8 Å². The van der Waals surface area contributed by atoms with Crippen LogP contribution in [-0.2, 0) is 0 Å². The van der Waals surface area contributed by atoms with Crippen molar-refractivity contribution in [3.63, 3.8) is 0 Å². The standard InChI is InChI=1S/C7H17N3O/c1-2-3-4-9-5-6-10-7(8)11/h9H,2-6H2,1H3,(H3,8,10,11). The van der Waals surface area contributed by atoms with Crippen LogP contribution in [0.1, 0.15) is 19.8 Å². The number of carbonyl (C=O) groups excluding carboxylic acids is 1. The molecule has 0 heterocycles. The predicted molar refractivity (Wildman–Crippen MR) is 45.4 cm³/mol. The summed E-state index contributed by atoms with van der Waals surface area (Å²) in [6.45, 7) is 4.56. The third kappa shape index (κ3) is 9.23. The highest BCUT2D eigenvalue weighted by atomic mass is 16.2. The van der Waals surface area contributed by atoms with Crippen molar-refractivity contribution in [3.05, 3.63) is 0 Å². The molecule has 66 valence electrons. The highest BCUT2D eigenvalue weighted by Gasteiger charge is 1.89. The quantitative estimate of drug-likeness (QED) is 0.479. The van der Waals surface area contributed by atoms with Gasteiger partial charge in [0.1, 0.15) is 0 Å². The van der Waals surface area contributed by atoms with Gasteiger partial charge in [-0.1, -0.05) is 13.3 Å². The van der Waals surface area contributed by atoms with Crippen LogP contribution in [-0.4, -0.2) is 25.7 Å². The molecule has 0 fully saturated rings. The summed E-state index contributed by atoms with van der Waals surface area (Å²) in [5, 5.41) is 5.67. The minimum absolute atomic E-state index is 0.456. The lowest BCUT2D eigenvalue weighted by molar-refractivity contribution is 0.249. The molecule has 0 atom stereocenters. The number of unbranched alkanes of at least 4 members (excludes halogenated alkanes) is 1. The van der Waals surface area contributed by atoms with Crippen LogP contribution in [0.5, 0.6) is 0 Å². The highest BCUT2D eigenvalue weighted by molar-refractivity contribution is 5.71. The monoisotopic (exact) mass is 159 g/mol. The maximum absolute atomic E-state index is 10.2. The second-order valence-electron chi connectivity index (χ2n) is 2.39. The van der Waals surface area contributed by atoms with E-state index in [9.17, 15) is 4.79 Å². The lowest BCUT2D eigenvalue weighted by atomic mass is 10.3. The van der Waals surface area contributed by atoms with Gasteiger partial charge in [-0.25, -0.2) is 4.79 Å². The average molecular weight is 159 g/mol. The molecule has 0 aromatic heterocycles. The van der Waals surface area contributed by atoms with Crippen LogP contribution in [0.3, 0.4) is 0 Å². The first-order chi connectivity index (χ1) is 5.27. The molecule has 4 N–H and O–H groups in total. The fourth-order valence-corrected chi connectivity index (χ4v) is 0.701. The minimum Gasteiger partial charge on any atom is -0.352 e. The molecule has 4 nitrogen and oxygen atoms in total. The Morgan fingerprint density at radius 1 is 1.36 bits per heavy atom. The van der Waals surface area contributed by atoms with Gasteiger partial charge in [-0.3, -0.25) is 0 Å².